The smallest absolute Gasteiger partial charge is 0.306 e. The van der Waals surface area contributed by atoms with Gasteiger partial charge in [-0.2, -0.15) is 0 Å². The number of rotatable bonds is 53. The Hall–Kier alpha value is -3.67. The van der Waals surface area contributed by atoms with Gasteiger partial charge in [-0.1, -0.05) is 227 Å². The van der Waals surface area contributed by atoms with Gasteiger partial charge in [-0.15, -0.1) is 0 Å². The molecule has 0 fully saturated rings. The molecular weight excluding hydrogens is 877 g/mol. The molecule has 71 heavy (non-hydrogen) atoms. The lowest BCUT2D eigenvalue weighted by molar-refractivity contribution is -0.167. The fraction of sp³-hybridized carbons (Fsp3) is 0.708. The molecule has 0 saturated carbocycles. The third-order valence-corrected chi connectivity index (χ3v) is 12.5. The summed E-state index contributed by atoms with van der Waals surface area (Å²) < 4.78 is 16.9. The number of allylic oxidation sites excluding steroid dienone is 16. The molecule has 0 amide bonds. The van der Waals surface area contributed by atoms with Gasteiger partial charge in [0.15, 0.2) is 6.10 Å². The van der Waals surface area contributed by atoms with Crippen LogP contribution in [0.5, 0.6) is 0 Å². The second kappa shape index (κ2) is 58.9. The van der Waals surface area contributed by atoms with Crippen LogP contribution in [0.4, 0.5) is 0 Å². The molecule has 6 nitrogen and oxygen atoms in total. The van der Waals surface area contributed by atoms with Crippen LogP contribution < -0.4 is 0 Å². The number of unbranched alkanes of at least 4 members (excludes halogenated alkanes) is 26. The summed E-state index contributed by atoms with van der Waals surface area (Å²) in [5.41, 5.74) is 0. The van der Waals surface area contributed by atoms with Gasteiger partial charge in [0.2, 0.25) is 0 Å². The summed E-state index contributed by atoms with van der Waals surface area (Å²) in [5, 5.41) is 0. The molecule has 0 rings (SSSR count). The van der Waals surface area contributed by atoms with Gasteiger partial charge in [0, 0.05) is 19.3 Å². The van der Waals surface area contributed by atoms with Crippen molar-refractivity contribution >= 4 is 17.9 Å². The zero-order chi connectivity index (χ0) is 51.4. The Morgan fingerprint density at radius 2 is 0.507 bits per heavy atom. The highest BCUT2D eigenvalue weighted by molar-refractivity contribution is 5.71. The van der Waals surface area contributed by atoms with E-state index in [-0.39, 0.29) is 37.5 Å². The highest BCUT2D eigenvalue weighted by Gasteiger charge is 2.19. The minimum absolute atomic E-state index is 0.0976. The predicted molar refractivity (Wildman–Crippen MR) is 307 cm³/mol. The lowest BCUT2D eigenvalue weighted by Crippen LogP contribution is -2.30. The standard InChI is InChI=1S/C65H110O6/c1-4-7-10-13-16-19-22-25-28-31-32-35-38-41-44-47-50-53-56-59-65(68)71-62(60-69-63(66)57-54-51-48-45-42-39-36-33-29-26-23-20-17-14-11-8-5-2)61-70-64(67)58-55-52-49-46-43-40-37-34-30-27-24-21-18-15-12-9-6-3/h16-21,25-30,32,35,41,44,62H,4-15,22-24,31,33-34,36-40,42-43,45-61H2,1-3H3/b19-16-,20-17-,21-18-,28-25-,29-26-,30-27-,35-32-,44-41-. The minimum Gasteiger partial charge on any atom is -0.462 e. The van der Waals surface area contributed by atoms with Crippen molar-refractivity contribution in [3.63, 3.8) is 0 Å². The first-order chi connectivity index (χ1) is 35.0. The first-order valence-corrected chi connectivity index (χ1v) is 29.7. The predicted octanol–water partition coefficient (Wildman–Crippen LogP) is 20.1. The fourth-order valence-electron chi connectivity index (χ4n) is 8.01. The highest BCUT2D eigenvalue weighted by Crippen LogP contribution is 2.14. The molecule has 0 aliphatic heterocycles. The van der Waals surface area contributed by atoms with Crippen molar-refractivity contribution in [1.82, 2.24) is 0 Å². The highest BCUT2D eigenvalue weighted by atomic mass is 16.6. The first-order valence-electron chi connectivity index (χ1n) is 29.7. The molecule has 0 saturated heterocycles. The fourth-order valence-corrected chi connectivity index (χ4v) is 8.01. The van der Waals surface area contributed by atoms with Crippen LogP contribution in [0.1, 0.15) is 278 Å². The van der Waals surface area contributed by atoms with E-state index in [1.807, 2.05) is 0 Å². The number of esters is 3. The molecule has 0 bridgehead atoms. The van der Waals surface area contributed by atoms with Crippen LogP contribution in [0, 0.1) is 0 Å². The van der Waals surface area contributed by atoms with Gasteiger partial charge in [0.25, 0.3) is 0 Å². The first kappa shape index (κ1) is 67.3. The molecule has 0 N–H and O–H groups in total. The molecular formula is C65H110O6. The molecule has 0 atom stereocenters. The summed E-state index contributed by atoms with van der Waals surface area (Å²) in [5.74, 6) is -0.939. The van der Waals surface area contributed by atoms with Gasteiger partial charge >= 0.3 is 17.9 Å². The largest absolute Gasteiger partial charge is 0.462 e. The van der Waals surface area contributed by atoms with E-state index in [1.165, 1.54) is 128 Å². The second-order valence-electron chi connectivity index (χ2n) is 19.5. The van der Waals surface area contributed by atoms with E-state index >= 15 is 0 Å². The van der Waals surface area contributed by atoms with Gasteiger partial charge < -0.3 is 14.2 Å². The Morgan fingerprint density at radius 3 is 0.803 bits per heavy atom. The topological polar surface area (TPSA) is 78.9 Å². The second-order valence-corrected chi connectivity index (χ2v) is 19.5. The van der Waals surface area contributed by atoms with Crippen molar-refractivity contribution in [2.75, 3.05) is 13.2 Å². The van der Waals surface area contributed by atoms with Gasteiger partial charge in [0.1, 0.15) is 13.2 Å². The molecule has 0 unspecified atom stereocenters. The summed E-state index contributed by atoms with van der Waals surface area (Å²) >= 11 is 0. The Kier molecular flexibility index (Phi) is 55.9. The van der Waals surface area contributed by atoms with E-state index in [1.54, 1.807) is 0 Å². The van der Waals surface area contributed by atoms with Gasteiger partial charge in [-0.05, 0) is 128 Å². The zero-order valence-corrected chi connectivity index (χ0v) is 46.5. The van der Waals surface area contributed by atoms with Crippen molar-refractivity contribution in [3.8, 4) is 0 Å². The molecule has 0 aromatic rings. The third kappa shape index (κ3) is 57.1. The monoisotopic (exact) mass is 987 g/mol. The van der Waals surface area contributed by atoms with Crippen molar-refractivity contribution in [3.05, 3.63) is 97.2 Å². The lowest BCUT2D eigenvalue weighted by Gasteiger charge is -2.18. The molecule has 6 heteroatoms. The Balaban J connectivity index is 4.48. The van der Waals surface area contributed by atoms with E-state index in [9.17, 15) is 14.4 Å². The van der Waals surface area contributed by atoms with E-state index in [2.05, 4.69) is 118 Å². The van der Waals surface area contributed by atoms with Crippen molar-refractivity contribution < 1.29 is 28.6 Å². The summed E-state index contributed by atoms with van der Waals surface area (Å²) in [6.45, 7) is 6.53. The van der Waals surface area contributed by atoms with E-state index in [0.717, 1.165) is 109 Å². The van der Waals surface area contributed by atoms with Crippen molar-refractivity contribution in [2.24, 2.45) is 0 Å². The Bertz CT molecular complexity index is 1350. The quantitative estimate of drug-likeness (QED) is 0.0261. The van der Waals surface area contributed by atoms with Crippen LogP contribution in [0.25, 0.3) is 0 Å². The van der Waals surface area contributed by atoms with Crippen LogP contribution in [0.3, 0.4) is 0 Å². The van der Waals surface area contributed by atoms with Gasteiger partial charge in [-0.3, -0.25) is 14.4 Å². The minimum atomic E-state index is -0.803. The maximum Gasteiger partial charge on any atom is 0.306 e. The number of carbonyl (C=O) groups is 3. The Labute approximate surface area is 438 Å². The third-order valence-electron chi connectivity index (χ3n) is 12.5. The normalized spacial score (nSPS) is 12.4. The zero-order valence-electron chi connectivity index (χ0n) is 46.5. The molecule has 0 heterocycles. The van der Waals surface area contributed by atoms with E-state index < -0.39 is 6.10 Å². The maximum atomic E-state index is 12.9. The average Bonchev–Trinajstić information content (AvgIpc) is 3.37. The van der Waals surface area contributed by atoms with Crippen LogP contribution in [-0.2, 0) is 28.6 Å². The molecule has 0 spiro atoms. The summed E-state index contributed by atoms with van der Waals surface area (Å²) in [4.78, 5) is 38.2. The molecule has 0 aromatic heterocycles. The maximum absolute atomic E-state index is 12.9. The van der Waals surface area contributed by atoms with Crippen LogP contribution in [-0.4, -0.2) is 37.2 Å². The van der Waals surface area contributed by atoms with E-state index in [4.69, 9.17) is 14.2 Å². The van der Waals surface area contributed by atoms with Gasteiger partial charge in [0.05, 0.1) is 0 Å². The number of hydrogen-bond acceptors (Lipinski definition) is 6. The van der Waals surface area contributed by atoms with Crippen LogP contribution in [0.2, 0.25) is 0 Å². The summed E-state index contributed by atoms with van der Waals surface area (Å²) in [6.07, 6.45) is 78.2. The molecule has 0 aliphatic carbocycles. The number of hydrogen-bond donors (Lipinski definition) is 0. The lowest BCUT2D eigenvalue weighted by atomic mass is 10.1. The molecule has 406 valence electrons. The average molecular weight is 988 g/mol. The SMILES string of the molecule is CCCCC/C=C\C/C=C\C/C=C\C/C=C\CCCCCC(=O)OC(COC(=O)CCCCCCCCC/C=C\C/C=C\CCCCC)COC(=O)CCCCCCCCC/C=C\C/C=C\CCCCC. The molecule has 0 radical (unpaired) electrons. The van der Waals surface area contributed by atoms with Crippen molar-refractivity contribution in [1.29, 1.82) is 0 Å². The van der Waals surface area contributed by atoms with Crippen LogP contribution in [0.15, 0.2) is 97.2 Å². The number of carbonyl (C=O) groups excluding carboxylic acids is 3. The van der Waals surface area contributed by atoms with Gasteiger partial charge in [-0.25, -0.2) is 0 Å². The number of ether oxygens (including phenoxy) is 3. The van der Waals surface area contributed by atoms with Crippen LogP contribution >= 0.6 is 0 Å². The summed E-state index contributed by atoms with van der Waals surface area (Å²) in [6, 6.07) is 0. The van der Waals surface area contributed by atoms with Crippen molar-refractivity contribution in [2.45, 2.75) is 284 Å². The van der Waals surface area contributed by atoms with E-state index in [0.29, 0.717) is 12.8 Å². The Morgan fingerprint density at radius 1 is 0.282 bits per heavy atom. The summed E-state index contributed by atoms with van der Waals surface area (Å²) in [7, 11) is 0. The molecule has 0 aromatic carbocycles. The molecule has 0 aliphatic rings.